The lowest BCUT2D eigenvalue weighted by Gasteiger charge is -2.01. The molecule has 0 amide bonds. The summed E-state index contributed by atoms with van der Waals surface area (Å²) < 4.78 is 36.8. The highest BCUT2D eigenvalue weighted by molar-refractivity contribution is 6.33. The maximum atomic E-state index is 12.5. The van der Waals surface area contributed by atoms with Gasteiger partial charge in [0, 0.05) is 6.07 Å². The molecule has 0 unspecified atom stereocenters. The van der Waals surface area contributed by atoms with Gasteiger partial charge in [-0.05, 0) is 9.91 Å². The third kappa shape index (κ3) is 1.92. The van der Waals surface area contributed by atoms with Crippen molar-refractivity contribution in [2.75, 3.05) is 0 Å². The van der Waals surface area contributed by atoms with Crippen LogP contribution in [0.2, 0.25) is 5.02 Å². The summed E-state index contributed by atoms with van der Waals surface area (Å²) >= 11 is 5.22. The second kappa shape index (κ2) is 3.79. The van der Waals surface area contributed by atoms with Gasteiger partial charge in [0.05, 0.1) is 5.56 Å². The van der Waals surface area contributed by atoms with E-state index in [1.807, 2.05) is 0 Å². The van der Waals surface area contributed by atoms with Gasteiger partial charge in [0.25, 0.3) is 6.43 Å². The molecule has 0 aliphatic carbocycles. The first kappa shape index (κ1) is 10.7. The van der Waals surface area contributed by atoms with Crippen LogP contribution in [0, 0.1) is 16.1 Å². The number of nitro groups is 1. The molecule has 0 saturated carbocycles. The molecule has 0 fully saturated rings. The van der Waals surface area contributed by atoms with Gasteiger partial charge in [-0.25, -0.2) is 8.78 Å². The molecule has 0 aliphatic rings. The minimum atomic E-state index is -3.08. The van der Waals surface area contributed by atoms with E-state index in [0.29, 0.717) is 6.07 Å². The molecule has 0 spiro atoms. The molecule has 1 aromatic heterocycles. The topological polar surface area (TPSA) is 56.0 Å². The van der Waals surface area contributed by atoms with E-state index in [1.54, 1.807) is 0 Å². The van der Waals surface area contributed by atoms with E-state index in [-0.39, 0.29) is 0 Å². The first-order valence-corrected chi connectivity index (χ1v) is 3.59. The fraction of sp³-hybridized carbons (Fsp3) is 0.167. The van der Waals surface area contributed by atoms with E-state index >= 15 is 0 Å². The van der Waals surface area contributed by atoms with Gasteiger partial charge in [-0.15, -0.1) is 0 Å². The van der Waals surface area contributed by atoms with Crippen LogP contribution in [-0.2, 0) is 0 Å². The third-order valence-electron chi connectivity index (χ3n) is 1.35. The number of rotatable bonds is 2. The van der Waals surface area contributed by atoms with E-state index in [1.165, 1.54) is 0 Å². The van der Waals surface area contributed by atoms with Gasteiger partial charge in [0.2, 0.25) is 0 Å². The van der Waals surface area contributed by atoms with Crippen molar-refractivity contribution in [1.82, 2.24) is 4.98 Å². The molecule has 0 aliphatic heterocycles. The predicted molar refractivity (Wildman–Crippen MR) is 40.8 cm³/mol. The summed E-state index contributed by atoms with van der Waals surface area (Å²) in [5.41, 5.74) is -0.939. The summed E-state index contributed by atoms with van der Waals surface area (Å²) in [6.45, 7) is 0. The van der Waals surface area contributed by atoms with Gasteiger partial charge in [-0.3, -0.25) is 0 Å². The van der Waals surface area contributed by atoms with Crippen molar-refractivity contribution >= 4 is 17.4 Å². The number of alkyl halides is 2. The SMILES string of the molecule is O=[N+]([O-])c1nc(F)cc(C(F)F)c1Cl. The van der Waals surface area contributed by atoms with Crippen LogP contribution >= 0.6 is 11.6 Å². The van der Waals surface area contributed by atoms with E-state index in [2.05, 4.69) is 4.98 Å². The minimum Gasteiger partial charge on any atom is -0.358 e. The molecule has 76 valence electrons. The van der Waals surface area contributed by atoms with Gasteiger partial charge in [0.15, 0.2) is 0 Å². The number of hydrogen-bond acceptors (Lipinski definition) is 3. The van der Waals surface area contributed by atoms with E-state index in [4.69, 9.17) is 11.6 Å². The van der Waals surface area contributed by atoms with Crippen LogP contribution < -0.4 is 0 Å². The molecule has 0 radical (unpaired) electrons. The van der Waals surface area contributed by atoms with Crippen LogP contribution in [0.15, 0.2) is 6.07 Å². The van der Waals surface area contributed by atoms with Crippen LogP contribution in [0.5, 0.6) is 0 Å². The number of halogens is 4. The van der Waals surface area contributed by atoms with Gasteiger partial charge in [-0.1, -0.05) is 11.6 Å². The number of hydrogen-bond donors (Lipinski definition) is 0. The Labute approximate surface area is 80.5 Å². The Hall–Kier alpha value is -1.37. The van der Waals surface area contributed by atoms with Crippen molar-refractivity contribution in [2.24, 2.45) is 0 Å². The third-order valence-corrected chi connectivity index (χ3v) is 1.73. The fourth-order valence-electron chi connectivity index (χ4n) is 0.783. The average Bonchev–Trinajstić information content (AvgIpc) is 2.07. The summed E-state index contributed by atoms with van der Waals surface area (Å²) in [6.07, 6.45) is -3.08. The molecule has 0 aromatic carbocycles. The van der Waals surface area contributed by atoms with E-state index < -0.39 is 33.7 Å². The summed E-state index contributed by atoms with van der Waals surface area (Å²) in [4.78, 5) is 11.9. The zero-order chi connectivity index (χ0) is 10.9. The quantitative estimate of drug-likeness (QED) is 0.443. The smallest absolute Gasteiger partial charge is 0.358 e. The van der Waals surface area contributed by atoms with Crippen molar-refractivity contribution in [2.45, 2.75) is 6.43 Å². The Morgan fingerprint density at radius 2 is 2.14 bits per heavy atom. The molecule has 0 saturated heterocycles. The van der Waals surface area contributed by atoms with Gasteiger partial charge in [-0.2, -0.15) is 4.39 Å². The molecule has 1 rings (SSSR count). The summed E-state index contributed by atoms with van der Waals surface area (Å²) in [6, 6.07) is 0.361. The maximum absolute atomic E-state index is 12.5. The molecular weight excluding hydrogens is 225 g/mol. The summed E-state index contributed by atoms with van der Waals surface area (Å²) in [7, 11) is 0. The van der Waals surface area contributed by atoms with Crippen LogP contribution in [-0.4, -0.2) is 9.91 Å². The lowest BCUT2D eigenvalue weighted by Crippen LogP contribution is -1.99. The van der Waals surface area contributed by atoms with Crippen molar-refractivity contribution in [3.8, 4) is 0 Å². The van der Waals surface area contributed by atoms with E-state index in [9.17, 15) is 23.3 Å². The standard InChI is InChI=1S/C6H2ClF3N2O2/c7-4-2(5(9)10)1-3(8)11-6(4)12(13)14/h1,5H. The Morgan fingerprint density at radius 3 is 2.57 bits per heavy atom. The van der Waals surface area contributed by atoms with Crippen LogP contribution in [0.25, 0.3) is 0 Å². The van der Waals surface area contributed by atoms with Crippen molar-refractivity contribution in [1.29, 1.82) is 0 Å². The highest BCUT2D eigenvalue weighted by atomic mass is 35.5. The molecule has 1 heterocycles. The molecule has 0 bridgehead atoms. The zero-order valence-corrected chi connectivity index (χ0v) is 7.13. The predicted octanol–water partition coefficient (Wildman–Crippen LogP) is 2.72. The molecular formula is C6H2ClF3N2O2. The normalized spacial score (nSPS) is 10.6. The van der Waals surface area contributed by atoms with E-state index in [0.717, 1.165) is 0 Å². The monoisotopic (exact) mass is 226 g/mol. The number of nitrogens with zero attached hydrogens (tertiary/aromatic N) is 2. The van der Waals surface area contributed by atoms with Crippen LogP contribution in [0.4, 0.5) is 19.0 Å². The molecule has 1 aromatic rings. The van der Waals surface area contributed by atoms with Gasteiger partial charge >= 0.3 is 11.8 Å². The van der Waals surface area contributed by atoms with Crippen molar-refractivity contribution in [3.05, 3.63) is 32.7 Å². The highest BCUT2D eigenvalue weighted by Gasteiger charge is 2.25. The highest BCUT2D eigenvalue weighted by Crippen LogP contribution is 2.32. The first-order chi connectivity index (χ1) is 6.43. The minimum absolute atomic E-state index is 0.361. The molecule has 0 atom stereocenters. The second-order valence-electron chi connectivity index (χ2n) is 2.23. The summed E-state index contributed by atoms with van der Waals surface area (Å²) in [5, 5.41) is 9.35. The molecule has 4 nitrogen and oxygen atoms in total. The molecule has 8 heteroatoms. The Kier molecular flexibility index (Phi) is 2.90. The van der Waals surface area contributed by atoms with Crippen LogP contribution in [0.1, 0.15) is 12.0 Å². The van der Waals surface area contributed by atoms with Crippen molar-refractivity contribution in [3.63, 3.8) is 0 Å². The Bertz CT molecular complexity index is 386. The summed E-state index contributed by atoms with van der Waals surface area (Å²) in [5.74, 6) is -2.47. The molecule has 0 N–H and O–H groups in total. The lowest BCUT2D eigenvalue weighted by atomic mass is 10.2. The molecule has 14 heavy (non-hydrogen) atoms. The van der Waals surface area contributed by atoms with Crippen molar-refractivity contribution < 1.29 is 18.1 Å². The van der Waals surface area contributed by atoms with Gasteiger partial charge < -0.3 is 10.1 Å². The number of aromatic nitrogens is 1. The fourth-order valence-corrected chi connectivity index (χ4v) is 1.03. The Morgan fingerprint density at radius 1 is 1.57 bits per heavy atom. The number of pyridine rings is 1. The van der Waals surface area contributed by atoms with Crippen LogP contribution in [0.3, 0.4) is 0 Å². The second-order valence-corrected chi connectivity index (χ2v) is 2.61. The first-order valence-electron chi connectivity index (χ1n) is 3.22. The van der Waals surface area contributed by atoms with Gasteiger partial charge in [0.1, 0.15) is 5.02 Å². The maximum Gasteiger partial charge on any atom is 0.386 e. The largest absolute Gasteiger partial charge is 0.386 e. The average molecular weight is 227 g/mol. The lowest BCUT2D eigenvalue weighted by molar-refractivity contribution is -0.389. The zero-order valence-electron chi connectivity index (χ0n) is 6.38. The Balaban J connectivity index is 3.40.